The smallest absolute Gasteiger partial charge is 0.335 e. The van der Waals surface area contributed by atoms with Crippen molar-refractivity contribution >= 4 is 17.8 Å². The molecule has 2 aliphatic heterocycles. The Bertz CT molecular complexity index is 749. The first-order chi connectivity index (χ1) is 12.5. The molecule has 0 unspecified atom stereocenters. The molecule has 0 radical (unpaired) electrons. The number of amides is 4. The molecule has 8 nitrogen and oxygen atoms in total. The van der Waals surface area contributed by atoms with Gasteiger partial charge in [0.1, 0.15) is 0 Å². The summed E-state index contributed by atoms with van der Waals surface area (Å²) in [4.78, 5) is 40.5. The van der Waals surface area contributed by atoms with Crippen molar-refractivity contribution in [1.82, 2.24) is 14.7 Å². The van der Waals surface area contributed by atoms with E-state index < -0.39 is 17.8 Å². The monoisotopic (exact) mass is 361 g/mol. The summed E-state index contributed by atoms with van der Waals surface area (Å²) in [6, 6.07) is 3.35. The number of benzene rings is 1. The van der Waals surface area contributed by atoms with Gasteiger partial charge in [0.25, 0.3) is 0 Å². The Morgan fingerprint density at radius 3 is 2.19 bits per heavy atom. The number of hydrogen-bond donors (Lipinski definition) is 0. The maximum atomic E-state index is 12.4. The molecular weight excluding hydrogens is 338 g/mol. The molecule has 2 heterocycles. The average molecular weight is 361 g/mol. The fourth-order valence-electron chi connectivity index (χ4n) is 3.36. The molecule has 0 bridgehead atoms. The number of fused-ring (bicyclic) bond motifs is 1. The van der Waals surface area contributed by atoms with Gasteiger partial charge in [-0.05, 0) is 36.1 Å². The fourth-order valence-corrected chi connectivity index (χ4v) is 3.36. The van der Waals surface area contributed by atoms with Crippen LogP contribution >= 0.6 is 0 Å². The zero-order valence-corrected chi connectivity index (χ0v) is 15.3. The second-order valence-corrected chi connectivity index (χ2v) is 6.39. The quantitative estimate of drug-likeness (QED) is 0.560. The van der Waals surface area contributed by atoms with Gasteiger partial charge in [-0.2, -0.15) is 0 Å². The van der Waals surface area contributed by atoms with Crippen LogP contribution in [-0.4, -0.2) is 66.5 Å². The van der Waals surface area contributed by atoms with Gasteiger partial charge in [-0.3, -0.25) is 19.4 Å². The second-order valence-electron chi connectivity index (χ2n) is 6.39. The largest absolute Gasteiger partial charge is 0.493 e. The normalized spacial score (nSPS) is 17.7. The van der Waals surface area contributed by atoms with E-state index in [0.29, 0.717) is 31.0 Å². The standard InChI is InChI=1S/C18H23N3O5/c1-4-6-20-16(22)17(23)21(18(20)24)11-19-7-5-12-8-14(25-2)15(26-3)9-13(12)10-19/h8-9H,4-7,10-11H2,1-3H3. The summed E-state index contributed by atoms with van der Waals surface area (Å²) in [6.07, 6.45) is 1.38. The van der Waals surface area contributed by atoms with E-state index in [1.165, 1.54) is 0 Å². The number of nitrogens with zero attached hydrogens (tertiary/aromatic N) is 3. The van der Waals surface area contributed by atoms with Crippen LogP contribution in [0, 0.1) is 0 Å². The SMILES string of the molecule is CCCN1C(=O)C(=O)N(CN2CCc3cc(OC)c(OC)cc3C2)C1=O. The van der Waals surface area contributed by atoms with Gasteiger partial charge in [0.2, 0.25) is 0 Å². The summed E-state index contributed by atoms with van der Waals surface area (Å²) < 4.78 is 10.7. The van der Waals surface area contributed by atoms with E-state index in [9.17, 15) is 14.4 Å². The molecule has 26 heavy (non-hydrogen) atoms. The summed E-state index contributed by atoms with van der Waals surface area (Å²) >= 11 is 0. The summed E-state index contributed by atoms with van der Waals surface area (Å²) in [5.41, 5.74) is 2.21. The van der Waals surface area contributed by atoms with Crippen LogP contribution in [0.15, 0.2) is 12.1 Å². The van der Waals surface area contributed by atoms with Crippen molar-refractivity contribution in [1.29, 1.82) is 0 Å². The van der Waals surface area contributed by atoms with Crippen molar-refractivity contribution in [2.75, 3.05) is 34.0 Å². The van der Waals surface area contributed by atoms with E-state index in [2.05, 4.69) is 0 Å². The molecule has 1 aromatic rings. The van der Waals surface area contributed by atoms with Crippen molar-refractivity contribution in [3.63, 3.8) is 0 Å². The lowest BCUT2D eigenvalue weighted by Crippen LogP contribution is -2.44. The highest BCUT2D eigenvalue weighted by Gasteiger charge is 2.44. The molecule has 0 N–H and O–H groups in total. The predicted molar refractivity (Wildman–Crippen MR) is 92.8 cm³/mol. The maximum absolute atomic E-state index is 12.4. The maximum Gasteiger partial charge on any atom is 0.335 e. The second kappa shape index (κ2) is 7.33. The van der Waals surface area contributed by atoms with E-state index in [1.807, 2.05) is 24.0 Å². The Morgan fingerprint density at radius 2 is 1.58 bits per heavy atom. The highest BCUT2D eigenvalue weighted by atomic mass is 16.5. The number of urea groups is 1. The summed E-state index contributed by atoms with van der Waals surface area (Å²) in [5.74, 6) is -0.154. The first-order valence-corrected chi connectivity index (χ1v) is 8.63. The minimum atomic E-state index is -0.749. The summed E-state index contributed by atoms with van der Waals surface area (Å²) in [5, 5.41) is 0. The minimum absolute atomic E-state index is 0.109. The van der Waals surface area contributed by atoms with Crippen LogP contribution in [0.3, 0.4) is 0 Å². The van der Waals surface area contributed by atoms with Crippen molar-refractivity contribution in [3.8, 4) is 11.5 Å². The van der Waals surface area contributed by atoms with Crippen molar-refractivity contribution in [3.05, 3.63) is 23.3 Å². The molecule has 0 saturated carbocycles. The van der Waals surface area contributed by atoms with Crippen molar-refractivity contribution in [2.24, 2.45) is 0 Å². The molecule has 0 atom stereocenters. The molecule has 0 aromatic heterocycles. The van der Waals surface area contributed by atoms with Gasteiger partial charge in [0.15, 0.2) is 11.5 Å². The van der Waals surface area contributed by atoms with Gasteiger partial charge >= 0.3 is 17.8 Å². The average Bonchev–Trinajstić information content (AvgIpc) is 2.85. The lowest BCUT2D eigenvalue weighted by molar-refractivity contribution is -0.144. The van der Waals surface area contributed by atoms with Crippen LogP contribution in [0.25, 0.3) is 0 Å². The Labute approximate surface area is 152 Å². The number of methoxy groups -OCH3 is 2. The number of imide groups is 2. The van der Waals surface area contributed by atoms with E-state index in [4.69, 9.17) is 9.47 Å². The fraction of sp³-hybridized carbons (Fsp3) is 0.500. The van der Waals surface area contributed by atoms with E-state index in [1.54, 1.807) is 14.2 Å². The van der Waals surface area contributed by atoms with Gasteiger partial charge in [0, 0.05) is 19.6 Å². The third-order valence-corrected chi connectivity index (χ3v) is 4.72. The van der Waals surface area contributed by atoms with Gasteiger partial charge in [-0.25, -0.2) is 9.69 Å². The molecule has 3 rings (SSSR count). The molecule has 1 aromatic carbocycles. The third kappa shape index (κ3) is 3.12. The van der Waals surface area contributed by atoms with E-state index >= 15 is 0 Å². The molecule has 4 amide bonds. The summed E-state index contributed by atoms with van der Waals surface area (Å²) in [6.45, 7) is 3.48. The number of ether oxygens (including phenoxy) is 2. The Hall–Kier alpha value is -2.61. The Morgan fingerprint density at radius 1 is 0.962 bits per heavy atom. The molecule has 140 valence electrons. The van der Waals surface area contributed by atoms with Gasteiger partial charge in [0.05, 0.1) is 20.9 Å². The van der Waals surface area contributed by atoms with Gasteiger partial charge in [-0.1, -0.05) is 6.92 Å². The van der Waals surface area contributed by atoms with Crippen LogP contribution in [0.4, 0.5) is 4.79 Å². The predicted octanol–water partition coefficient (Wildman–Crippen LogP) is 1.22. The first-order valence-electron chi connectivity index (χ1n) is 8.63. The van der Waals surface area contributed by atoms with Gasteiger partial charge < -0.3 is 9.47 Å². The molecule has 1 fully saturated rings. The zero-order chi connectivity index (χ0) is 18.8. The van der Waals surface area contributed by atoms with Crippen LogP contribution in [0.1, 0.15) is 24.5 Å². The Balaban J connectivity index is 1.74. The number of rotatable bonds is 6. The zero-order valence-electron chi connectivity index (χ0n) is 15.3. The van der Waals surface area contributed by atoms with Crippen LogP contribution in [0.2, 0.25) is 0 Å². The molecule has 8 heteroatoms. The highest BCUT2D eigenvalue weighted by Crippen LogP contribution is 2.33. The lowest BCUT2D eigenvalue weighted by atomic mass is 9.99. The molecule has 0 aliphatic carbocycles. The highest BCUT2D eigenvalue weighted by molar-refractivity contribution is 6.44. The number of carbonyl (C=O) groups is 3. The van der Waals surface area contributed by atoms with E-state index in [-0.39, 0.29) is 13.2 Å². The van der Waals surface area contributed by atoms with Crippen LogP contribution in [-0.2, 0) is 22.6 Å². The van der Waals surface area contributed by atoms with Crippen molar-refractivity contribution in [2.45, 2.75) is 26.3 Å². The third-order valence-electron chi connectivity index (χ3n) is 4.72. The molecule has 2 aliphatic rings. The summed E-state index contributed by atoms with van der Waals surface area (Å²) in [7, 11) is 3.18. The first kappa shape index (κ1) is 18.2. The minimum Gasteiger partial charge on any atom is -0.493 e. The molecule has 0 spiro atoms. The van der Waals surface area contributed by atoms with E-state index in [0.717, 1.165) is 27.3 Å². The molecular formula is C18H23N3O5. The number of hydrogen-bond acceptors (Lipinski definition) is 6. The van der Waals surface area contributed by atoms with Gasteiger partial charge in [-0.15, -0.1) is 0 Å². The topological polar surface area (TPSA) is 79.4 Å². The number of carbonyl (C=O) groups excluding carboxylic acids is 3. The lowest BCUT2D eigenvalue weighted by Gasteiger charge is -2.31. The van der Waals surface area contributed by atoms with Crippen LogP contribution < -0.4 is 9.47 Å². The van der Waals surface area contributed by atoms with Crippen molar-refractivity contribution < 1.29 is 23.9 Å². The molecule has 1 saturated heterocycles. The Kier molecular flexibility index (Phi) is 5.13. The van der Waals surface area contributed by atoms with Crippen LogP contribution in [0.5, 0.6) is 11.5 Å².